The number of benzene rings is 2. The van der Waals surface area contributed by atoms with Crippen LogP contribution < -0.4 is 10.6 Å². The van der Waals surface area contributed by atoms with Gasteiger partial charge < -0.3 is 10.6 Å². The summed E-state index contributed by atoms with van der Waals surface area (Å²) in [5.74, 6) is -0.181. The summed E-state index contributed by atoms with van der Waals surface area (Å²) in [7, 11) is 0. The Morgan fingerprint density at radius 3 is 2.56 bits per heavy atom. The van der Waals surface area contributed by atoms with Crippen molar-refractivity contribution < 1.29 is 18.4 Å². The molecule has 0 saturated heterocycles. The van der Waals surface area contributed by atoms with E-state index in [-0.39, 0.29) is 24.1 Å². The molecule has 6 nitrogen and oxygen atoms in total. The van der Waals surface area contributed by atoms with Crippen LogP contribution in [0, 0.1) is 0 Å². The number of carbonyl (C=O) groups is 2. The molecular formula is C23H20F2N4O2S. The molecule has 0 aliphatic carbocycles. The van der Waals surface area contributed by atoms with Crippen LogP contribution in [0.15, 0.2) is 65.4 Å². The Hall–Kier alpha value is -3.59. The molecule has 2 aromatic carbocycles. The number of alkyl halides is 2. The Bertz CT molecular complexity index is 1220. The van der Waals surface area contributed by atoms with Crippen LogP contribution in [-0.4, -0.2) is 27.9 Å². The molecular weight excluding hydrogens is 434 g/mol. The Balaban J connectivity index is 1.34. The van der Waals surface area contributed by atoms with Gasteiger partial charge in [-0.15, -0.1) is 0 Å². The number of amides is 2. The van der Waals surface area contributed by atoms with Crippen molar-refractivity contribution >= 4 is 39.9 Å². The second-order valence-corrected chi connectivity index (χ2v) is 7.85. The molecule has 0 aliphatic rings. The molecule has 4 rings (SSSR count). The van der Waals surface area contributed by atoms with Crippen LogP contribution in [-0.2, 0) is 4.79 Å². The number of thiophene rings is 1. The number of halogens is 2. The number of fused-ring (bicyclic) bond motifs is 1. The van der Waals surface area contributed by atoms with Gasteiger partial charge in [0.25, 0.3) is 5.91 Å². The number of aromatic nitrogens is 2. The minimum atomic E-state index is -2.72. The fourth-order valence-corrected chi connectivity index (χ4v) is 3.95. The average Bonchev–Trinajstić information content (AvgIpc) is 3.45. The summed E-state index contributed by atoms with van der Waals surface area (Å²) < 4.78 is 28.2. The van der Waals surface area contributed by atoms with Gasteiger partial charge in [0, 0.05) is 35.2 Å². The minimum absolute atomic E-state index is 0.155. The summed E-state index contributed by atoms with van der Waals surface area (Å²) in [6.07, 6.45) is 0.741. The second kappa shape index (κ2) is 9.69. The average molecular weight is 455 g/mol. The first-order chi connectivity index (χ1) is 15.5. The highest BCUT2D eigenvalue weighted by atomic mass is 32.1. The molecule has 0 aliphatic heterocycles. The zero-order chi connectivity index (χ0) is 22.5. The number of hydrogen-bond acceptors (Lipinski definition) is 4. The van der Waals surface area contributed by atoms with Gasteiger partial charge in [0.2, 0.25) is 5.91 Å². The fourth-order valence-electron chi connectivity index (χ4n) is 3.32. The first-order valence-corrected chi connectivity index (χ1v) is 10.9. The predicted molar refractivity (Wildman–Crippen MR) is 121 cm³/mol. The minimum Gasteiger partial charge on any atom is -0.352 e. The van der Waals surface area contributed by atoms with E-state index in [1.54, 1.807) is 60.0 Å². The molecule has 0 bridgehead atoms. The SMILES string of the molecule is O=C(CCCNC(=O)c1ccsc1)Nc1ccc(-c2nc3ccccc3n2C(F)F)cc1. The monoisotopic (exact) mass is 454 g/mol. The van der Waals surface area contributed by atoms with E-state index in [1.807, 2.05) is 5.38 Å². The van der Waals surface area contributed by atoms with E-state index in [4.69, 9.17) is 0 Å². The highest BCUT2D eigenvalue weighted by molar-refractivity contribution is 7.08. The summed E-state index contributed by atoms with van der Waals surface area (Å²) in [5, 5.41) is 9.14. The summed E-state index contributed by atoms with van der Waals surface area (Å²) in [6.45, 7) is -2.33. The van der Waals surface area contributed by atoms with E-state index in [9.17, 15) is 18.4 Å². The van der Waals surface area contributed by atoms with Crippen LogP contribution in [0.1, 0.15) is 29.7 Å². The normalized spacial score (nSPS) is 11.1. The first kappa shape index (κ1) is 21.6. The Morgan fingerprint density at radius 1 is 1.06 bits per heavy atom. The molecule has 4 aromatic rings. The summed E-state index contributed by atoms with van der Waals surface area (Å²) in [6, 6.07) is 15.1. The van der Waals surface area contributed by atoms with Crippen LogP contribution in [0.5, 0.6) is 0 Å². The van der Waals surface area contributed by atoms with Crippen molar-refractivity contribution in [1.29, 1.82) is 0 Å². The molecule has 0 atom stereocenters. The zero-order valence-corrected chi connectivity index (χ0v) is 17.7. The summed E-state index contributed by atoms with van der Waals surface area (Å²) >= 11 is 1.45. The van der Waals surface area contributed by atoms with E-state index >= 15 is 0 Å². The number of hydrogen-bond donors (Lipinski definition) is 2. The highest BCUT2D eigenvalue weighted by Crippen LogP contribution is 2.30. The topological polar surface area (TPSA) is 76.0 Å². The van der Waals surface area contributed by atoms with Gasteiger partial charge in [-0.25, -0.2) is 4.98 Å². The number of anilines is 1. The van der Waals surface area contributed by atoms with Crippen molar-refractivity contribution in [2.24, 2.45) is 0 Å². The first-order valence-electron chi connectivity index (χ1n) is 9.99. The molecule has 0 saturated carbocycles. The molecule has 0 fully saturated rings. The number of rotatable bonds is 8. The standard InChI is InChI=1S/C23H20F2N4O2S/c24-23(25)29-19-5-2-1-4-18(19)28-21(29)15-7-9-17(10-8-15)27-20(30)6-3-12-26-22(31)16-11-13-32-14-16/h1-2,4-5,7-11,13-14,23H,3,6,12H2,(H,26,31)(H,27,30). The lowest BCUT2D eigenvalue weighted by molar-refractivity contribution is -0.116. The van der Waals surface area contributed by atoms with E-state index in [2.05, 4.69) is 15.6 Å². The molecule has 2 N–H and O–H groups in total. The smallest absolute Gasteiger partial charge is 0.320 e. The van der Waals surface area contributed by atoms with Crippen molar-refractivity contribution in [3.63, 3.8) is 0 Å². The molecule has 0 unspecified atom stereocenters. The lowest BCUT2D eigenvalue weighted by atomic mass is 10.2. The third kappa shape index (κ3) is 4.83. The largest absolute Gasteiger partial charge is 0.352 e. The van der Waals surface area contributed by atoms with Crippen LogP contribution >= 0.6 is 11.3 Å². The number of nitrogens with one attached hydrogen (secondary N) is 2. The van der Waals surface area contributed by atoms with E-state index in [1.165, 1.54) is 11.3 Å². The fraction of sp³-hybridized carbons (Fsp3) is 0.174. The van der Waals surface area contributed by atoms with Crippen LogP contribution in [0.2, 0.25) is 0 Å². The van der Waals surface area contributed by atoms with Gasteiger partial charge in [0.05, 0.1) is 11.0 Å². The third-order valence-electron chi connectivity index (χ3n) is 4.87. The summed E-state index contributed by atoms with van der Waals surface area (Å²) in [4.78, 5) is 28.4. The molecule has 0 spiro atoms. The van der Waals surface area contributed by atoms with Gasteiger partial charge in [-0.3, -0.25) is 14.2 Å². The van der Waals surface area contributed by atoms with Gasteiger partial charge in [-0.2, -0.15) is 20.1 Å². The molecule has 164 valence electrons. The van der Waals surface area contributed by atoms with Gasteiger partial charge in [0.15, 0.2) is 0 Å². The molecule has 2 aromatic heterocycles. The van der Waals surface area contributed by atoms with E-state index in [0.717, 1.165) is 4.57 Å². The van der Waals surface area contributed by atoms with Crippen molar-refractivity contribution in [2.45, 2.75) is 19.4 Å². The van der Waals surface area contributed by atoms with Gasteiger partial charge >= 0.3 is 6.55 Å². The maximum absolute atomic E-state index is 13.6. The van der Waals surface area contributed by atoms with E-state index in [0.29, 0.717) is 40.8 Å². The molecule has 0 radical (unpaired) electrons. The maximum Gasteiger partial charge on any atom is 0.320 e. The highest BCUT2D eigenvalue weighted by Gasteiger charge is 2.18. The van der Waals surface area contributed by atoms with Crippen LogP contribution in [0.4, 0.5) is 14.5 Å². The Labute approximate surface area is 186 Å². The van der Waals surface area contributed by atoms with Crippen molar-refractivity contribution in [2.75, 3.05) is 11.9 Å². The zero-order valence-electron chi connectivity index (χ0n) is 16.9. The number of para-hydroxylation sites is 2. The lowest BCUT2D eigenvalue weighted by Gasteiger charge is -2.09. The summed E-state index contributed by atoms with van der Waals surface area (Å²) in [5.41, 5.74) is 2.54. The van der Waals surface area contributed by atoms with Gasteiger partial charge in [0.1, 0.15) is 5.82 Å². The van der Waals surface area contributed by atoms with E-state index < -0.39 is 6.55 Å². The maximum atomic E-state index is 13.6. The Morgan fingerprint density at radius 2 is 1.84 bits per heavy atom. The number of imidazole rings is 1. The van der Waals surface area contributed by atoms with Crippen molar-refractivity contribution in [3.05, 3.63) is 70.9 Å². The van der Waals surface area contributed by atoms with Crippen LogP contribution in [0.25, 0.3) is 22.4 Å². The van der Waals surface area contributed by atoms with Crippen molar-refractivity contribution in [3.8, 4) is 11.4 Å². The molecule has 32 heavy (non-hydrogen) atoms. The van der Waals surface area contributed by atoms with Crippen molar-refractivity contribution in [1.82, 2.24) is 14.9 Å². The van der Waals surface area contributed by atoms with Gasteiger partial charge in [-0.1, -0.05) is 12.1 Å². The van der Waals surface area contributed by atoms with Gasteiger partial charge in [-0.05, 0) is 54.3 Å². The Kier molecular flexibility index (Phi) is 6.55. The second-order valence-electron chi connectivity index (χ2n) is 7.07. The third-order valence-corrected chi connectivity index (χ3v) is 5.55. The molecule has 2 amide bonds. The van der Waals surface area contributed by atoms with Crippen LogP contribution in [0.3, 0.4) is 0 Å². The number of nitrogens with zero attached hydrogens (tertiary/aromatic N) is 2. The number of carbonyl (C=O) groups excluding carboxylic acids is 2. The quantitative estimate of drug-likeness (QED) is 0.354. The predicted octanol–water partition coefficient (Wildman–Crippen LogP) is 5.31. The molecule has 2 heterocycles. The lowest BCUT2D eigenvalue weighted by Crippen LogP contribution is -2.25. The molecule has 9 heteroatoms.